The number of guanidine groups is 1. The first kappa shape index (κ1) is 16.2. The van der Waals surface area contributed by atoms with E-state index in [0.717, 1.165) is 6.54 Å². The fourth-order valence-corrected chi connectivity index (χ4v) is 1.57. The molecule has 7 heteroatoms. The average molecular weight is 287 g/mol. The molecule has 0 aliphatic carbocycles. The van der Waals surface area contributed by atoms with Gasteiger partial charge in [0.05, 0.1) is 6.10 Å². The summed E-state index contributed by atoms with van der Waals surface area (Å²) < 4.78 is 28.2. The lowest BCUT2D eigenvalue weighted by Gasteiger charge is -2.15. The van der Waals surface area contributed by atoms with Crippen LogP contribution in [-0.2, 0) is 0 Å². The van der Waals surface area contributed by atoms with E-state index in [2.05, 4.69) is 20.4 Å². The topological polar surface area (TPSA) is 65.9 Å². The van der Waals surface area contributed by atoms with Crippen LogP contribution >= 0.6 is 0 Å². The summed E-state index contributed by atoms with van der Waals surface area (Å²) in [5.74, 6) is 0.650. The van der Waals surface area contributed by atoms with Gasteiger partial charge in [-0.15, -0.1) is 0 Å². The maximum Gasteiger partial charge on any atom is 0.387 e. The van der Waals surface area contributed by atoms with E-state index in [1.54, 1.807) is 19.2 Å². The van der Waals surface area contributed by atoms with Gasteiger partial charge in [0.25, 0.3) is 0 Å². The van der Waals surface area contributed by atoms with Crippen LogP contribution in [0.3, 0.4) is 0 Å². The number of nitrogens with one attached hydrogen (secondary N) is 2. The third kappa shape index (κ3) is 5.40. The Morgan fingerprint density at radius 1 is 1.30 bits per heavy atom. The molecule has 0 bridgehead atoms. The zero-order valence-corrected chi connectivity index (χ0v) is 11.4. The first-order valence-electron chi connectivity index (χ1n) is 6.24. The minimum absolute atomic E-state index is 0.0624. The molecular formula is C13H19F2N3O2. The quantitative estimate of drug-likeness (QED) is 0.548. The molecule has 0 heterocycles. The summed E-state index contributed by atoms with van der Waals surface area (Å²) in [6, 6.07) is 5.87. The van der Waals surface area contributed by atoms with Crippen molar-refractivity contribution in [3.8, 4) is 5.75 Å². The van der Waals surface area contributed by atoms with Gasteiger partial charge in [-0.3, -0.25) is 4.99 Å². The molecule has 3 N–H and O–H groups in total. The van der Waals surface area contributed by atoms with Crippen molar-refractivity contribution in [3.05, 3.63) is 29.8 Å². The lowest BCUT2D eigenvalue weighted by atomic mass is 10.1. The van der Waals surface area contributed by atoms with E-state index in [-0.39, 0.29) is 12.3 Å². The molecular weight excluding hydrogens is 268 g/mol. The molecule has 112 valence electrons. The van der Waals surface area contributed by atoms with Gasteiger partial charge in [-0.25, -0.2) is 0 Å². The van der Waals surface area contributed by atoms with Crippen LogP contribution in [0, 0.1) is 0 Å². The molecule has 0 aliphatic heterocycles. The highest BCUT2D eigenvalue weighted by Gasteiger charge is 2.09. The van der Waals surface area contributed by atoms with Crippen LogP contribution in [0.5, 0.6) is 5.75 Å². The second-order valence-electron chi connectivity index (χ2n) is 3.95. The van der Waals surface area contributed by atoms with Gasteiger partial charge in [0.2, 0.25) is 0 Å². The normalized spacial score (nSPS) is 13.2. The predicted molar refractivity (Wildman–Crippen MR) is 73.1 cm³/mol. The van der Waals surface area contributed by atoms with E-state index in [0.29, 0.717) is 11.5 Å². The lowest BCUT2D eigenvalue weighted by molar-refractivity contribution is -0.0498. The molecule has 1 unspecified atom stereocenters. The molecule has 0 aromatic heterocycles. The zero-order valence-electron chi connectivity index (χ0n) is 11.4. The molecule has 1 aromatic carbocycles. The Morgan fingerprint density at radius 3 is 2.45 bits per heavy atom. The van der Waals surface area contributed by atoms with E-state index in [1.807, 2.05) is 6.92 Å². The predicted octanol–water partition coefficient (Wildman–Crippen LogP) is 1.51. The van der Waals surface area contributed by atoms with Crippen LogP contribution in [0.2, 0.25) is 0 Å². The van der Waals surface area contributed by atoms with E-state index < -0.39 is 12.7 Å². The Bertz CT molecular complexity index is 424. The van der Waals surface area contributed by atoms with Gasteiger partial charge < -0.3 is 20.5 Å². The van der Waals surface area contributed by atoms with Gasteiger partial charge in [-0.2, -0.15) is 8.78 Å². The molecule has 0 saturated carbocycles. The third-order valence-corrected chi connectivity index (χ3v) is 2.52. The number of aliphatic hydroxyl groups excluding tert-OH is 1. The maximum absolute atomic E-state index is 12.0. The van der Waals surface area contributed by atoms with Crippen LogP contribution in [0.1, 0.15) is 18.6 Å². The third-order valence-electron chi connectivity index (χ3n) is 2.52. The number of ether oxygens (including phenoxy) is 1. The second-order valence-corrected chi connectivity index (χ2v) is 3.95. The molecule has 0 radical (unpaired) electrons. The van der Waals surface area contributed by atoms with Crippen LogP contribution in [-0.4, -0.2) is 37.8 Å². The number of aliphatic hydroxyl groups is 1. The van der Waals surface area contributed by atoms with Crippen molar-refractivity contribution in [1.29, 1.82) is 0 Å². The number of nitrogens with zero attached hydrogens (tertiary/aromatic N) is 1. The Morgan fingerprint density at radius 2 is 1.95 bits per heavy atom. The summed E-state index contributed by atoms with van der Waals surface area (Å²) in [5, 5.41) is 15.9. The summed E-state index contributed by atoms with van der Waals surface area (Å²) in [6.07, 6.45) is -0.772. The molecule has 0 aliphatic rings. The van der Waals surface area contributed by atoms with Crippen molar-refractivity contribution in [3.63, 3.8) is 0 Å². The molecule has 0 spiro atoms. The first-order valence-corrected chi connectivity index (χ1v) is 6.24. The molecule has 0 saturated heterocycles. The smallest absolute Gasteiger partial charge is 0.387 e. The minimum atomic E-state index is -2.85. The van der Waals surface area contributed by atoms with E-state index in [1.165, 1.54) is 12.1 Å². The number of rotatable bonds is 6. The summed E-state index contributed by atoms with van der Waals surface area (Å²) in [5.41, 5.74) is 0.603. The Kier molecular flexibility index (Phi) is 6.72. The van der Waals surface area contributed by atoms with E-state index in [4.69, 9.17) is 0 Å². The molecule has 1 atom stereocenters. The van der Waals surface area contributed by atoms with E-state index in [9.17, 15) is 13.9 Å². The van der Waals surface area contributed by atoms with Gasteiger partial charge in [-0.05, 0) is 24.6 Å². The van der Waals surface area contributed by atoms with Crippen LogP contribution in [0.4, 0.5) is 8.78 Å². The number of benzene rings is 1. The molecule has 0 fully saturated rings. The van der Waals surface area contributed by atoms with Crippen molar-refractivity contribution in [2.75, 3.05) is 20.1 Å². The highest BCUT2D eigenvalue weighted by molar-refractivity contribution is 5.79. The lowest BCUT2D eigenvalue weighted by Crippen LogP contribution is -2.39. The zero-order chi connectivity index (χ0) is 15.0. The summed E-state index contributed by atoms with van der Waals surface area (Å²) in [7, 11) is 1.63. The fourth-order valence-electron chi connectivity index (χ4n) is 1.57. The van der Waals surface area contributed by atoms with Crippen LogP contribution in [0.25, 0.3) is 0 Å². The summed E-state index contributed by atoms with van der Waals surface area (Å²) >= 11 is 0. The van der Waals surface area contributed by atoms with Crippen LogP contribution < -0.4 is 15.4 Å². The monoisotopic (exact) mass is 287 g/mol. The van der Waals surface area contributed by atoms with Gasteiger partial charge >= 0.3 is 6.61 Å². The molecule has 5 nitrogen and oxygen atoms in total. The highest BCUT2D eigenvalue weighted by Crippen LogP contribution is 2.18. The first-order chi connectivity index (χ1) is 9.56. The van der Waals surface area contributed by atoms with E-state index >= 15 is 0 Å². The molecule has 0 amide bonds. The highest BCUT2D eigenvalue weighted by atomic mass is 19.3. The second kappa shape index (κ2) is 8.31. The van der Waals surface area contributed by atoms with Gasteiger partial charge in [0, 0.05) is 20.1 Å². The summed E-state index contributed by atoms with van der Waals surface area (Å²) in [6.45, 7) is 0.0609. The fraction of sp³-hybridized carbons (Fsp3) is 0.462. The van der Waals surface area contributed by atoms with Crippen LogP contribution in [0.15, 0.2) is 29.3 Å². The number of alkyl halides is 2. The number of hydrogen-bond donors (Lipinski definition) is 3. The maximum atomic E-state index is 12.0. The van der Waals surface area contributed by atoms with Crippen molar-refractivity contribution < 1.29 is 18.6 Å². The molecule has 20 heavy (non-hydrogen) atoms. The SMILES string of the molecule is CCNC(=NC)NCC(O)c1ccc(OC(F)F)cc1. The van der Waals surface area contributed by atoms with Crippen molar-refractivity contribution in [2.45, 2.75) is 19.6 Å². The Hall–Kier alpha value is -1.89. The van der Waals surface area contributed by atoms with Gasteiger partial charge in [-0.1, -0.05) is 12.1 Å². The number of hydrogen-bond acceptors (Lipinski definition) is 3. The molecule has 1 aromatic rings. The van der Waals surface area contributed by atoms with Crippen molar-refractivity contribution >= 4 is 5.96 Å². The number of aliphatic imine (C=N–C) groups is 1. The van der Waals surface area contributed by atoms with Gasteiger partial charge in [0.1, 0.15) is 5.75 Å². The average Bonchev–Trinajstić information content (AvgIpc) is 2.43. The summed E-state index contributed by atoms with van der Waals surface area (Å²) in [4.78, 5) is 3.97. The Labute approximate surface area is 116 Å². The largest absolute Gasteiger partial charge is 0.435 e. The van der Waals surface area contributed by atoms with Crippen molar-refractivity contribution in [2.24, 2.45) is 4.99 Å². The molecule has 1 rings (SSSR count). The van der Waals surface area contributed by atoms with Crippen molar-refractivity contribution in [1.82, 2.24) is 10.6 Å². The number of halogens is 2. The van der Waals surface area contributed by atoms with Gasteiger partial charge in [0.15, 0.2) is 5.96 Å². The Balaban J connectivity index is 2.53. The minimum Gasteiger partial charge on any atom is -0.435 e. The standard InChI is InChI=1S/C13H19F2N3O2/c1-3-17-13(16-2)18-8-11(19)9-4-6-10(7-5-9)20-12(14)15/h4-7,11-12,19H,3,8H2,1-2H3,(H2,16,17,18).